The Morgan fingerprint density at radius 3 is 2.05 bits per heavy atom. The molecule has 0 amide bonds. The molecular formula is C15H11F5O. The van der Waals surface area contributed by atoms with Crippen LogP contribution < -0.4 is 0 Å². The van der Waals surface area contributed by atoms with Crippen molar-refractivity contribution in [1.29, 1.82) is 0 Å². The third-order valence-electron chi connectivity index (χ3n) is 3.08. The van der Waals surface area contributed by atoms with Crippen LogP contribution in [0.25, 0.3) is 0 Å². The maximum absolute atomic E-state index is 13.5. The number of halogens is 5. The average Bonchev–Trinajstić information content (AvgIpc) is 2.42. The molecule has 1 unspecified atom stereocenters. The summed E-state index contributed by atoms with van der Waals surface area (Å²) in [5.41, 5.74) is -1.87. The number of alkyl halides is 3. The Hall–Kier alpha value is -1.95. The van der Waals surface area contributed by atoms with Gasteiger partial charge in [0.2, 0.25) is 0 Å². The van der Waals surface area contributed by atoms with Crippen molar-refractivity contribution in [2.45, 2.75) is 18.7 Å². The molecule has 0 aliphatic carbocycles. The van der Waals surface area contributed by atoms with E-state index in [0.29, 0.717) is 0 Å². The second kappa shape index (κ2) is 5.81. The first-order valence-electron chi connectivity index (χ1n) is 6.07. The fourth-order valence-electron chi connectivity index (χ4n) is 2.08. The number of hydrogen-bond donors (Lipinski definition) is 1. The van der Waals surface area contributed by atoms with Crippen molar-refractivity contribution in [3.63, 3.8) is 0 Å². The van der Waals surface area contributed by atoms with E-state index in [1.54, 1.807) is 0 Å². The van der Waals surface area contributed by atoms with E-state index < -0.39 is 47.0 Å². The number of hydrogen-bond acceptors (Lipinski definition) is 1. The lowest BCUT2D eigenvalue weighted by molar-refractivity contribution is -0.139. The molecule has 0 heterocycles. The van der Waals surface area contributed by atoms with Crippen LogP contribution in [0.15, 0.2) is 42.5 Å². The van der Waals surface area contributed by atoms with E-state index in [9.17, 15) is 27.1 Å². The summed E-state index contributed by atoms with van der Waals surface area (Å²) < 4.78 is 65.5. The Morgan fingerprint density at radius 1 is 0.905 bits per heavy atom. The molecule has 21 heavy (non-hydrogen) atoms. The van der Waals surface area contributed by atoms with Crippen LogP contribution >= 0.6 is 0 Å². The molecule has 0 bridgehead atoms. The van der Waals surface area contributed by atoms with Gasteiger partial charge in [-0.15, -0.1) is 0 Å². The number of rotatable bonds is 3. The largest absolute Gasteiger partial charge is 0.416 e. The summed E-state index contributed by atoms with van der Waals surface area (Å²) in [6, 6.07) is 7.53. The van der Waals surface area contributed by atoms with Crippen molar-refractivity contribution in [3.05, 3.63) is 70.8 Å². The zero-order valence-electron chi connectivity index (χ0n) is 10.7. The molecule has 0 saturated carbocycles. The average molecular weight is 302 g/mol. The highest BCUT2D eigenvalue weighted by Crippen LogP contribution is 2.35. The van der Waals surface area contributed by atoms with Gasteiger partial charge in [0, 0.05) is 12.0 Å². The fraction of sp³-hybridized carbons (Fsp3) is 0.200. The van der Waals surface area contributed by atoms with E-state index in [1.165, 1.54) is 12.1 Å². The molecule has 2 aromatic carbocycles. The molecule has 0 radical (unpaired) electrons. The lowest BCUT2D eigenvalue weighted by Crippen LogP contribution is -2.14. The predicted molar refractivity (Wildman–Crippen MR) is 66.5 cm³/mol. The standard InChI is InChI=1S/C15H11F5O/c16-12-6-3-7-13(17)10(12)8-14(21)9-4-1-2-5-11(9)15(18,19)20/h1-7,14,21H,8H2. The molecule has 0 aromatic heterocycles. The lowest BCUT2D eigenvalue weighted by atomic mass is 9.96. The summed E-state index contributed by atoms with van der Waals surface area (Å²) in [7, 11) is 0. The van der Waals surface area contributed by atoms with Gasteiger partial charge in [0.15, 0.2) is 0 Å². The number of aliphatic hydroxyl groups is 1. The van der Waals surface area contributed by atoms with Gasteiger partial charge in [0.05, 0.1) is 11.7 Å². The molecule has 1 N–H and O–H groups in total. The minimum Gasteiger partial charge on any atom is -0.388 e. The van der Waals surface area contributed by atoms with Gasteiger partial charge >= 0.3 is 6.18 Å². The molecule has 0 saturated heterocycles. The zero-order chi connectivity index (χ0) is 15.6. The summed E-state index contributed by atoms with van der Waals surface area (Å²) in [6.07, 6.45) is -6.88. The molecule has 1 nitrogen and oxygen atoms in total. The number of benzene rings is 2. The van der Waals surface area contributed by atoms with Crippen LogP contribution in [0.4, 0.5) is 22.0 Å². The van der Waals surface area contributed by atoms with E-state index in [0.717, 1.165) is 30.3 Å². The van der Waals surface area contributed by atoms with Crippen molar-refractivity contribution in [3.8, 4) is 0 Å². The Balaban J connectivity index is 2.36. The van der Waals surface area contributed by atoms with E-state index >= 15 is 0 Å². The maximum atomic E-state index is 13.5. The van der Waals surface area contributed by atoms with Crippen LogP contribution in [0.2, 0.25) is 0 Å². The topological polar surface area (TPSA) is 20.2 Å². The smallest absolute Gasteiger partial charge is 0.388 e. The van der Waals surface area contributed by atoms with Crippen LogP contribution in [0.1, 0.15) is 22.8 Å². The van der Waals surface area contributed by atoms with Crippen LogP contribution in [-0.4, -0.2) is 5.11 Å². The minimum atomic E-state index is -4.65. The van der Waals surface area contributed by atoms with Crippen molar-refractivity contribution in [2.24, 2.45) is 0 Å². The third kappa shape index (κ3) is 3.39. The maximum Gasteiger partial charge on any atom is 0.416 e. The van der Waals surface area contributed by atoms with Gasteiger partial charge in [-0.05, 0) is 23.8 Å². The van der Waals surface area contributed by atoms with Crippen LogP contribution in [0.3, 0.4) is 0 Å². The van der Waals surface area contributed by atoms with Gasteiger partial charge < -0.3 is 5.11 Å². The highest BCUT2D eigenvalue weighted by atomic mass is 19.4. The quantitative estimate of drug-likeness (QED) is 0.840. The normalized spacial score (nSPS) is 13.2. The SMILES string of the molecule is OC(Cc1c(F)cccc1F)c1ccccc1C(F)(F)F. The molecule has 112 valence electrons. The van der Waals surface area contributed by atoms with Gasteiger partial charge in [0.25, 0.3) is 0 Å². The van der Waals surface area contributed by atoms with Gasteiger partial charge in [-0.2, -0.15) is 13.2 Å². The van der Waals surface area contributed by atoms with Crippen molar-refractivity contribution in [2.75, 3.05) is 0 Å². The Kier molecular flexibility index (Phi) is 4.27. The summed E-state index contributed by atoms with van der Waals surface area (Å²) in [6.45, 7) is 0. The predicted octanol–water partition coefficient (Wildman–Crippen LogP) is 4.26. The molecule has 1 atom stereocenters. The second-order valence-electron chi connectivity index (χ2n) is 4.51. The minimum absolute atomic E-state index is 0.410. The summed E-state index contributed by atoms with van der Waals surface area (Å²) >= 11 is 0. The van der Waals surface area contributed by atoms with Gasteiger partial charge in [0.1, 0.15) is 11.6 Å². The Labute approximate surface area is 117 Å². The molecule has 2 aromatic rings. The molecule has 2 rings (SSSR count). The van der Waals surface area contributed by atoms with Gasteiger partial charge in [-0.25, -0.2) is 8.78 Å². The molecule has 6 heteroatoms. The van der Waals surface area contributed by atoms with Gasteiger partial charge in [-0.3, -0.25) is 0 Å². The van der Waals surface area contributed by atoms with Crippen LogP contribution in [0.5, 0.6) is 0 Å². The van der Waals surface area contributed by atoms with Gasteiger partial charge in [-0.1, -0.05) is 24.3 Å². The first-order valence-corrected chi connectivity index (χ1v) is 6.07. The molecule has 0 fully saturated rings. The molecule has 0 spiro atoms. The van der Waals surface area contributed by atoms with Crippen molar-refractivity contribution >= 4 is 0 Å². The van der Waals surface area contributed by atoms with Crippen molar-refractivity contribution in [1.82, 2.24) is 0 Å². The van der Waals surface area contributed by atoms with E-state index in [-0.39, 0.29) is 0 Å². The lowest BCUT2D eigenvalue weighted by Gasteiger charge is -2.18. The highest BCUT2D eigenvalue weighted by molar-refractivity contribution is 5.33. The highest BCUT2D eigenvalue weighted by Gasteiger charge is 2.34. The Morgan fingerprint density at radius 2 is 1.48 bits per heavy atom. The van der Waals surface area contributed by atoms with Crippen molar-refractivity contribution < 1.29 is 27.1 Å². The zero-order valence-corrected chi connectivity index (χ0v) is 10.7. The van der Waals surface area contributed by atoms with Crippen LogP contribution in [0, 0.1) is 11.6 Å². The molecule has 0 aliphatic heterocycles. The summed E-state index contributed by atoms with van der Waals surface area (Å²) in [5.74, 6) is -1.81. The third-order valence-corrected chi connectivity index (χ3v) is 3.08. The molecule has 0 aliphatic rings. The summed E-state index contributed by atoms with van der Waals surface area (Å²) in [4.78, 5) is 0. The Bertz CT molecular complexity index is 616. The summed E-state index contributed by atoms with van der Waals surface area (Å²) in [5, 5.41) is 9.93. The first-order chi connectivity index (χ1) is 9.80. The first kappa shape index (κ1) is 15.4. The van der Waals surface area contributed by atoms with E-state index in [2.05, 4.69) is 0 Å². The van der Waals surface area contributed by atoms with E-state index in [4.69, 9.17) is 0 Å². The number of aliphatic hydroxyl groups excluding tert-OH is 1. The monoisotopic (exact) mass is 302 g/mol. The fourth-order valence-corrected chi connectivity index (χ4v) is 2.08. The molecular weight excluding hydrogens is 291 g/mol. The van der Waals surface area contributed by atoms with Crippen LogP contribution in [-0.2, 0) is 12.6 Å². The van der Waals surface area contributed by atoms with E-state index in [1.807, 2.05) is 0 Å². The second-order valence-corrected chi connectivity index (χ2v) is 4.51.